The number of non-ortho nitro benzene ring substituents is 1. The van der Waals surface area contributed by atoms with Crippen LogP contribution in [0.2, 0.25) is 5.02 Å². The van der Waals surface area contributed by atoms with Crippen molar-refractivity contribution in [2.24, 2.45) is 0 Å². The molecule has 0 saturated carbocycles. The summed E-state index contributed by atoms with van der Waals surface area (Å²) in [6.45, 7) is -2.64. The van der Waals surface area contributed by atoms with Crippen LogP contribution in [0.4, 0.5) is 14.5 Å². The number of hydrogen-bond donors (Lipinski definition) is 1. The molecule has 9 heteroatoms. The van der Waals surface area contributed by atoms with Crippen LogP contribution in [0.25, 0.3) is 0 Å². The van der Waals surface area contributed by atoms with Crippen LogP contribution >= 0.6 is 11.6 Å². The molecule has 0 aliphatic rings. The van der Waals surface area contributed by atoms with E-state index in [9.17, 15) is 23.7 Å². The van der Waals surface area contributed by atoms with Gasteiger partial charge in [-0.2, -0.15) is 8.78 Å². The minimum atomic E-state index is -2.88. The monoisotopic (exact) mass is 370 g/mol. The van der Waals surface area contributed by atoms with Gasteiger partial charge in [0, 0.05) is 18.7 Å². The van der Waals surface area contributed by atoms with Crippen molar-refractivity contribution in [1.82, 2.24) is 5.32 Å². The smallest absolute Gasteiger partial charge is 0.387 e. The first-order valence-corrected chi connectivity index (χ1v) is 7.50. The number of carbonyl (C=O) groups excluding carboxylic acids is 1. The number of benzene rings is 2. The quantitative estimate of drug-likeness (QED) is 0.593. The molecule has 132 valence electrons. The van der Waals surface area contributed by atoms with Crippen molar-refractivity contribution in [3.63, 3.8) is 0 Å². The molecule has 0 saturated heterocycles. The van der Waals surface area contributed by atoms with Gasteiger partial charge in [-0.15, -0.1) is 0 Å². The number of carbonyl (C=O) groups is 1. The molecular weight excluding hydrogens is 358 g/mol. The van der Waals surface area contributed by atoms with Crippen molar-refractivity contribution in [3.05, 3.63) is 68.7 Å². The predicted molar refractivity (Wildman–Crippen MR) is 87.2 cm³/mol. The molecule has 0 fully saturated rings. The predicted octanol–water partition coefficient (Wildman–Crippen LogP) is 3.82. The summed E-state index contributed by atoms with van der Waals surface area (Å²) in [4.78, 5) is 22.2. The Hall–Kier alpha value is -2.74. The first-order valence-electron chi connectivity index (χ1n) is 7.12. The van der Waals surface area contributed by atoms with Crippen LogP contribution < -0.4 is 10.1 Å². The Kier molecular flexibility index (Phi) is 6.24. The van der Waals surface area contributed by atoms with Crippen LogP contribution in [0.5, 0.6) is 5.75 Å². The molecule has 0 spiro atoms. The highest BCUT2D eigenvalue weighted by molar-refractivity contribution is 6.33. The van der Waals surface area contributed by atoms with Gasteiger partial charge in [0.15, 0.2) is 0 Å². The fourth-order valence-electron chi connectivity index (χ4n) is 2.05. The third-order valence-electron chi connectivity index (χ3n) is 3.25. The zero-order valence-electron chi connectivity index (χ0n) is 12.7. The molecule has 2 aromatic carbocycles. The van der Waals surface area contributed by atoms with E-state index >= 15 is 0 Å². The average molecular weight is 371 g/mol. The third-order valence-corrected chi connectivity index (χ3v) is 3.58. The Morgan fingerprint density at radius 2 is 1.92 bits per heavy atom. The van der Waals surface area contributed by atoms with Gasteiger partial charge in [0.25, 0.3) is 11.6 Å². The number of amides is 1. The molecule has 6 nitrogen and oxygen atoms in total. The number of hydrogen-bond acceptors (Lipinski definition) is 4. The van der Waals surface area contributed by atoms with Gasteiger partial charge in [-0.05, 0) is 30.2 Å². The normalized spacial score (nSPS) is 10.6. The van der Waals surface area contributed by atoms with E-state index < -0.39 is 17.4 Å². The molecule has 25 heavy (non-hydrogen) atoms. The number of nitrogens with zero attached hydrogens (tertiary/aromatic N) is 1. The molecule has 0 unspecified atom stereocenters. The van der Waals surface area contributed by atoms with Crippen LogP contribution in [-0.4, -0.2) is 24.0 Å². The second kappa shape index (κ2) is 8.39. The maximum atomic E-state index is 12.1. The standard InChI is InChI=1S/C16H13ClF2N2O4/c17-14-6-3-11(21(23)24)9-13(14)15(22)20-8-7-10-1-4-12(5-2-10)25-16(18)19/h1-6,9,16H,7-8H2,(H,20,22). The summed E-state index contributed by atoms with van der Waals surface area (Å²) in [7, 11) is 0. The molecule has 1 amide bonds. The second-order valence-electron chi connectivity index (χ2n) is 4.95. The molecule has 0 aliphatic carbocycles. The van der Waals surface area contributed by atoms with Crippen LogP contribution in [0.1, 0.15) is 15.9 Å². The van der Waals surface area contributed by atoms with E-state index in [4.69, 9.17) is 11.6 Å². The molecule has 2 aromatic rings. The molecule has 0 bridgehead atoms. The number of alkyl halides is 2. The van der Waals surface area contributed by atoms with E-state index in [2.05, 4.69) is 10.1 Å². The van der Waals surface area contributed by atoms with E-state index in [1.54, 1.807) is 12.1 Å². The van der Waals surface area contributed by atoms with Crippen molar-refractivity contribution < 1.29 is 23.2 Å². The van der Waals surface area contributed by atoms with Crippen molar-refractivity contribution in [2.75, 3.05) is 6.54 Å². The number of nitro groups is 1. The highest BCUT2D eigenvalue weighted by atomic mass is 35.5. The summed E-state index contributed by atoms with van der Waals surface area (Å²) < 4.78 is 28.4. The van der Waals surface area contributed by atoms with Gasteiger partial charge in [-0.3, -0.25) is 14.9 Å². The van der Waals surface area contributed by atoms with Crippen LogP contribution in [0, 0.1) is 10.1 Å². The molecule has 0 heterocycles. The lowest BCUT2D eigenvalue weighted by molar-refractivity contribution is -0.384. The van der Waals surface area contributed by atoms with Crippen LogP contribution in [0.15, 0.2) is 42.5 Å². The van der Waals surface area contributed by atoms with Gasteiger partial charge >= 0.3 is 6.61 Å². The summed E-state index contributed by atoms with van der Waals surface area (Å²) in [5.74, 6) is -0.488. The summed E-state index contributed by atoms with van der Waals surface area (Å²) >= 11 is 5.89. The van der Waals surface area contributed by atoms with Gasteiger partial charge in [0.05, 0.1) is 15.5 Å². The summed E-state index contributed by atoms with van der Waals surface area (Å²) in [5.41, 5.74) is 0.577. The number of rotatable bonds is 7. The Balaban J connectivity index is 1.92. The third kappa shape index (κ3) is 5.39. The van der Waals surface area contributed by atoms with Gasteiger partial charge < -0.3 is 10.1 Å². The van der Waals surface area contributed by atoms with Gasteiger partial charge in [-0.1, -0.05) is 23.7 Å². The largest absolute Gasteiger partial charge is 0.435 e. The lowest BCUT2D eigenvalue weighted by atomic mass is 10.1. The van der Waals surface area contributed by atoms with E-state index in [1.165, 1.54) is 24.3 Å². The Morgan fingerprint density at radius 3 is 2.52 bits per heavy atom. The van der Waals surface area contributed by atoms with E-state index in [0.717, 1.165) is 11.6 Å². The van der Waals surface area contributed by atoms with Crippen molar-refractivity contribution >= 4 is 23.2 Å². The summed E-state index contributed by atoms with van der Waals surface area (Å²) in [6, 6.07) is 9.61. The Morgan fingerprint density at radius 1 is 1.24 bits per heavy atom. The lowest BCUT2D eigenvalue weighted by Crippen LogP contribution is -2.26. The van der Waals surface area contributed by atoms with Crippen molar-refractivity contribution in [1.29, 1.82) is 0 Å². The molecular formula is C16H13ClF2N2O4. The number of nitro benzene ring substituents is 1. The molecule has 2 rings (SSSR count). The summed E-state index contributed by atoms with van der Waals surface area (Å²) in [6.07, 6.45) is 0.438. The maximum absolute atomic E-state index is 12.1. The number of ether oxygens (including phenoxy) is 1. The average Bonchev–Trinajstić information content (AvgIpc) is 2.56. The van der Waals surface area contributed by atoms with Gasteiger partial charge in [0.2, 0.25) is 0 Å². The van der Waals surface area contributed by atoms with Gasteiger partial charge in [-0.25, -0.2) is 0 Å². The van der Waals surface area contributed by atoms with Crippen molar-refractivity contribution in [3.8, 4) is 5.75 Å². The molecule has 0 atom stereocenters. The first-order chi connectivity index (χ1) is 11.9. The Labute approximate surface area is 146 Å². The van der Waals surface area contributed by atoms with Crippen LogP contribution in [0.3, 0.4) is 0 Å². The van der Waals surface area contributed by atoms with Gasteiger partial charge in [0.1, 0.15) is 5.75 Å². The minimum Gasteiger partial charge on any atom is -0.435 e. The molecule has 0 aromatic heterocycles. The molecule has 0 radical (unpaired) electrons. The SMILES string of the molecule is O=C(NCCc1ccc(OC(F)F)cc1)c1cc([N+](=O)[O-])ccc1Cl. The number of halogens is 3. The highest BCUT2D eigenvalue weighted by Crippen LogP contribution is 2.22. The fourth-order valence-corrected chi connectivity index (χ4v) is 2.26. The number of nitrogens with one attached hydrogen (secondary N) is 1. The minimum absolute atomic E-state index is 0.0107. The van der Waals surface area contributed by atoms with E-state index in [1.807, 2.05) is 0 Å². The van der Waals surface area contributed by atoms with E-state index in [-0.39, 0.29) is 28.6 Å². The maximum Gasteiger partial charge on any atom is 0.387 e. The van der Waals surface area contributed by atoms with E-state index in [0.29, 0.717) is 6.42 Å². The topological polar surface area (TPSA) is 81.5 Å². The zero-order valence-corrected chi connectivity index (χ0v) is 13.5. The zero-order chi connectivity index (χ0) is 18.4. The highest BCUT2D eigenvalue weighted by Gasteiger charge is 2.15. The van der Waals surface area contributed by atoms with Crippen LogP contribution in [-0.2, 0) is 6.42 Å². The lowest BCUT2D eigenvalue weighted by Gasteiger charge is -2.08. The Bertz CT molecular complexity index is 769. The van der Waals surface area contributed by atoms with Crippen molar-refractivity contribution in [2.45, 2.75) is 13.0 Å². The fraction of sp³-hybridized carbons (Fsp3) is 0.188. The second-order valence-corrected chi connectivity index (χ2v) is 5.36. The molecule has 0 aliphatic heterocycles. The summed E-state index contributed by atoms with van der Waals surface area (Å²) in [5, 5.41) is 13.5. The molecule has 1 N–H and O–H groups in total. The first kappa shape index (κ1) is 18.6.